The molecule has 1 aromatic carbocycles. The molecule has 2 aromatic rings. The van der Waals surface area contributed by atoms with Gasteiger partial charge in [-0.1, -0.05) is 35.3 Å². The molecule has 0 radical (unpaired) electrons. The molecule has 0 saturated carbocycles. The van der Waals surface area contributed by atoms with Crippen LogP contribution in [0.5, 0.6) is 0 Å². The van der Waals surface area contributed by atoms with Gasteiger partial charge >= 0.3 is 0 Å². The highest BCUT2D eigenvalue weighted by Gasteiger charge is 2.11. The van der Waals surface area contributed by atoms with Crippen LogP contribution in [0.2, 0.25) is 10.0 Å². The normalized spacial score (nSPS) is 12.4. The minimum Gasteiger partial charge on any atom is -0.386 e. The molecule has 0 amide bonds. The van der Waals surface area contributed by atoms with E-state index in [1.54, 1.807) is 12.1 Å². The molecule has 0 saturated heterocycles. The van der Waals surface area contributed by atoms with Crippen LogP contribution in [0.15, 0.2) is 36.4 Å². The van der Waals surface area contributed by atoms with Crippen molar-refractivity contribution in [3.8, 4) is 0 Å². The molecule has 0 aliphatic rings. The van der Waals surface area contributed by atoms with Crippen molar-refractivity contribution >= 4 is 23.2 Å². The van der Waals surface area contributed by atoms with Gasteiger partial charge < -0.3 is 5.11 Å². The molecule has 1 atom stereocenters. The summed E-state index contributed by atoms with van der Waals surface area (Å²) in [5.41, 5.74) is 2.49. The number of hydrogen-bond donors (Lipinski definition) is 1. The Balaban J connectivity index is 2.16. The van der Waals surface area contributed by atoms with Gasteiger partial charge in [-0.15, -0.1) is 0 Å². The Kier molecular flexibility index (Phi) is 4.23. The summed E-state index contributed by atoms with van der Waals surface area (Å²) in [6, 6.07) is 11.0. The number of pyridine rings is 1. The van der Waals surface area contributed by atoms with E-state index in [9.17, 15) is 5.11 Å². The summed E-state index contributed by atoms with van der Waals surface area (Å²) in [6.07, 6.45) is -0.171. The van der Waals surface area contributed by atoms with Crippen molar-refractivity contribution < 1.29 is 5.11 Å². The number of hydrogen-bond acceptors (Lipinski definition) is 2. The Hall–Kier alpha value is -1.09. The number of aryl methyl sites for hydroxylation is 1. The molecule has 0 aliphatic heterocycles. The zero-order valence-corrected chi connectivity index (χ0v) is 11.4. The highest BCUT2D eigenvalue weighted by atomic mass is 35.5. The predicted molar refractivity (Wildman–Crippen MR) is 74.1 cm³/mol. The molecule has 0 bridgehead atoms. The third kappa shape index (κ3) is 3.22. The van der Waals surface area contributed by atoms with Crippen LogP contribution in [0.1, 0.15) is 23.1 Å². The minimum atomic E-state index is -0.637. The number of nitrogens with zero attached hydrogens (tertiary/aromatic N) is 1. The third-order valence-electron chi connectivity index (χ3n) is 2.66. The van der Waals surface area contributed by atoms with Gasteiger partial charge in [0, 0.05) is 12.1 Å². The fourth-order valence-electron chi connectivity index (χ4n) is 1.74. The van der Waals surface area contributed by atoms with Crippen LogP contribution in [0.4, 0.5) is 0 Å². The Morgan fingerprint density at radius 1 is 1.17 bits per heavy atom. The molecule has 18 heavy (non-hydrogen) atoms. The number of rotatable bonds is 3. The zero-order valence-electron chi connectivity index (χ0n) is 9.90. The van der Waals surface area contributed by atoms with Crippen LogP contribution in [-0.2, 0) is 6.42 Å². The molecule has 1 unspecified atom stereocenters. The quantitative estimate of drug-likeness (QED) is 0.923. The summed E-state index contributed by atoms with van der Waals surface area (Å²) in [7, 11) is 0. The van der Waals surface area contributed by atoms with E-state index in [-0.39, 0.29) is 0 Å². The van der Waals surface area contributed by atoms with Gasteiger partial charge in [0.1, 0.15) is 0 Å². The number of aromatic nitrogens is 1. The molecule has 1 aromatic heterocycles. The second-order valence-electron chi connectivity index (χ2n) is 4.17. The van der Waals surface area contributed by atoms with E-state index in [1.165, 1.54) is 0 Å². The summed E-state index contributed by atoms with van der Waals surface area (Å²) >= 11 is 11.8. The Morgan fingerprint density at radius 3 is 2.61 bits per heavy atom. The maximum Gasteiger partial charge on any atom is 0.1000 e. The van der Waals surface area contributed by atoms with E-state index in [2.05, 4.69) is 4.98 Å². The second-order valence-corrected chi connectivity index (χ2v) is 4.99. The van der Waals surface area contributed by atoms with E-state index >= 15 is 0 Å². The maximum absolute atomic E-state index is 10.1. The number of aliphatic hydroxyl groups is 1. The van der Waals surface area contributed by atoms with E-state index < -0.39 is 6.10 Å². The van der Waals surface area contributed by atoms with E-state index in [0.717, 1.165) is 11.3 Å². The van der Waals surface area contributed by atoms with Gasteiger partial charge in [0.2, 0.25) is 0 Å². The molecule has 1 N–H and O–H groups in total. The first-order valence-corrected chi connectivity index (χ1v) is 6.37. The lowest BCUT2D eigenvalue weighted by atomic mass is 10.1. The molecule has 2 rings (SSSR count). The monoisotopic (exact) mass is 281 g/mol. The highest BCUT2D eigenvalue weighted by Crippen LogP contribution is 2.25. The Bertz CT molecular complexity index is 557. The minimum absolute atomic E-state index is 0.466. The molecular formula is C14H13Cl2NO. The molecular weight excluding hydrogens is 269 g/mol. The van der Waals surface area contributed by atoms with Gasteiger partial charge in [-0.3, -0.25) is 4.98 Å². The topological polar surface area (TPSA) is 33.1 Å². The van der Waals surface area contributed by atoms with Crippen LogP contribution >= 0.6 is 23.2 Å². The molecule has 0 spiro atoms. The summed E-state index contributed by atoms with van der Waals surface area (Å²) < 4.78 is 0. The molecule has 0 fully saturated rings. The van der Waals surface area contributed by atoms with Crippen molar-refractivity contribution in [2.45, 2.75) is 19.4 Å². The first-order valence-electron chi connectivity index (χ1n) is 5.62. The van der Waals surface area contributed by atoms with Gasteiger partial charge in [-0.25, -0.2) is 0 Å². The second kappa shape index (κ2) is 5.70. The predicted octanol–water partition coefficient (Wildman–Crippen LogP) is 3.97. The fourth-order valence-corrected chi connectivity index (χ4v) is 2.06. The summed E-state index contributed by atoms with van der Waals surface area (Å²) in [5.74, 6) is 0. The average molecular weight is 282 g/mol. The SMILES string of the molecule is Cc1cccc(C(O)Cc2ccc(Cl)c(Cl)c2)n1. The van der Waals surface area contributed by atoms with E-state index in [4.69, 9.17) is 23.2 Å². The van der Waals surface area contributed by atoms with Gasteiger partial charge in [-0.05, 0) is 36.8 Å². The zero-order chi connectivity index (χ0) is 13.1. The summed E-state index contributed by atoms with van der Waals surface area (Å²) in [4.78, 5) is 4.30. The van der Waals surface area contributed by atoms with Crippen LogP contribution in [-0.4, -0.2) is 10.1 Å². The first-order chi connectivity index (χ1) is 8.56. The fraction of sp³-hybridized carbons (Fsp3) is 0.214. The number of aliphatic hydroxyl groups excluding tert-OH is 1. The van der Waals surface area contributed by atoms with Crippen molar-refractivity contribution in [3.63, 3.8) is 0 Å². The van der Waals surface area contributed by atoms with Crippen molar-refractivity contribution in [2.24, 2.45) is 0 Å². The van der Waals surface area contributed by atoms with Crippen molar-refractivity contribution in [2.75, 3.05) is 0 Å². The van der Waals surface area contributed by atoms with Crippen LogP contribution < -0.4 is 0 Å². The standard InChI is InChI=1S/C14H13Cl2NO/c1-9-3-2-4-13(17-9)14(18)8-10-5-6-11(15)12(16)7-10/h2-7,14,18H,8H2,1H3. The largest absolute Gasteiger partial charge is 0.386 e. The number of benzene rings is 1. The van der Waals surface area contributed by atoms with Crippen molar-refractivity contribution in [3.05, 3.63) is 63.4 Å². The maximum atomic E-state index is 10.1. The lowest BCUT2D eigenvalue weighted by molar-refractivity contribution is 0.173. The van der Waals surface area contributed by atoms with Gasteiger partial charge in [0.05, 0.1) is 21.8 Å². The summed E-state index contributed by atoms with van der Waals surface area (Å²) in [5, 5.41) is 11.1. The number of halogens is 2. The van der Waals surface area contributed by atoms with Crippen molar-refractivity contribution in [1.29, 1.82) is 0 Å². The third-order valence-corrected chi connectivity index (χ3v) is 3.40. The molecule has 2 nitrogen and oxygen atoms in total. The Labute approximate surface area is 116 Å². The van der Waals surface area contributed by atoms with Crippen molar-refractivity contribution in [1.82, 2.24) is 4.98 Å². The van der Waals surface area contributed by atoms with Gasteiger partial charge in [-0.2, -0.15) is 0 Å². The molecule has 1 heterocycles. The lowest BCUT2D eigenvalue weighted by Crippen LogP contribution is -2.04. The average Bonchev–Trinajstić information content (AvgIpc) is 2.34. The molecule has 0 aliphatic carbocycles. The smallest absolute Gasteiger partial charge is 0.1000 e. The lowest BCUT2D eigenvalue weighted by Gasteiger charge is -2.11. The van der Waals surface area contributed by atoms with Crippen LogP contribution in [0.3, 0.4) is 0 Å². The van der Waals surface area contributed by atoms with Crippen LogP contribution in [0, 0.1) is 6.92 Å². The van der Waals surface area contributed by atoms with E-state index in [1.807, 2.05) is 31.2 Å². The van der Waals surface area contributed by atoms with Gasteiger partial charge in [0.25, 0.3) is 0 Å². The van der Waals surface area contributed by atoms with Gasteiger partial charge in [0.15, 0.2) is 0 Å². The Morgan fingerprint density at radius 2 is 1.94 bits per heavy atom. The molecule has 4 heteroatoms. The van der Waals surface area contributed by atoms with Crippen LogP contribution in [0.25, 0.3) is 0 Å². The first kappa shape index (κ1) is 13.3. The highest BCUT2D eigenvalue weighted by molar-refractivity contribution is 6.42. The summed E-state index contributed by atoms with van der Waals surface area (Å²) in [6.45, 7) is 1.90. The molecule has 94 valence electrons. The van der Waals surface area contributed by atoms with E-state index in [0.29, 0.717) is 22.2 Å².